The summed E-state index contributed by atoms with van der Waals surface area (Å²) in [5.41, 5.74) is 2.28. The number of halogens is 1. The van der Waals surface area contributed by atoms with Crippen LogP contribution in [0.3, 0.4) is 0 Å². The number of hydrogen-bond donors (Lipinski definition) is 0. The molecule has 5 heteroatoms. The summed E-state index contributed by atoms with van der Waals surface area (Å²) in [4.78, 5) is 10.7. The van der Waals surface area contributed by atoms with Gasteiger partial charge in [0.15, 0.2) is 0 Å². The van der Waals surface area contributed by atoms with E-state index in [1.165, 1.54) is 12.1 Å². The topological polar surface area (TPSA) is 33.4 Å². The Morgan fingerprint density at radius 3 is 2.74 bits per heavy atom. The zero-order valence-electron chi connectivity index (χ0n) is 10.7. The van der Waals surface area contributed by atoms with Crippen molar-refractivity contribution in [2.24, 2.45) is 0 Å². The lowest BCUT2D eigenvalue weighted by molar-refractivity contribution is 0.626. The standard InChI is InChI=1S/C14H13FN4/c1-18(2)13-4-3-10(8-16-13)12-9-19-6-5-11(15)7-14(19)17-12/h3-9H,1-2H3. The Morgan fingerprint density at radius 1 is 1.21 bits per heavy atom. The lowest BCUT2D eigenvalue weighted by Gasteiger charge is -2.10. The smallest absolute Gasteiger partial charge is 0.140 e. The molecule has 19 heavy (non-hydrogen) atoms. The summed E-state index contributed by atoms with van der Waals surface area (Å²) in [6.45, 7) is 0. The van der Waals surface area contributed by atoms with Gasteiger partial charge in [0, 0.05) is 44.3 Å². The van der Waals surface area contributed by atoms with Crippen molar-refractivity contribution in [1.82, 2.24) is 14.4 Å². The summed E-state index contributed by atoms with van der Waals surface area (Å²) in [7, 11) is 3.88. The molecule has 0 bridgehead atoms. The number of nitrogens with zero attached hydrogens (tertiary/aromatic N) is 4. The Kier molecular flexibility index (Phi) is 2.67. The predicted molar refractivity (Wildman–Crippen MR) is 72.7 cm³/mol. The van der Waals surface area contributed by atoms with E-state index in [4.69, 9.17) is 0 Å². The van der Waals surface area contributed by atoms with Gasteiger partial charge in [0.2, 0.25) is 0 Å². The first-order chi connectivity index (χ1) is 9.13. The van der Waals surface area contributed by atoms with Crippen LogP contribution in [0.1, 0.15) is 0 Å². The molecule has 3 aromatic rings. The van der Waals surface area contributed by atoms with Crippen LogP contribution in [0, 0.1) is 5.82 Å². The third-order valence-electron chi connectivity index (χ3n) is 2.92. The Bertz CT molecular complexity index is 716. The van der Waals surface area contributed by atoms with Gasteiger partial charge in [-0.3, -0.25) is 0 Å². The molecule has 0 atom stereocenters. The molecule has 0 amide bonds. The number of hydrogen-bond acceptors (Lipinski definition) is 3. The highest BCUT2D eigenvalue weighted by molar-refractivity contribution is 5.63. The van der Waals surface area contributed by atoms with E-state index in [0.29, 0.717) is 5.65 Å². The maximum absolute atomic E-state index is 13.1. The lowest BCUT2D eigenvalue weighted by Crippen LogP contribution is -2.09. The summed E-state index contributed by atoms with van der Waals surface area (Å²) >= 11 is 0. The fourth-order valence-electron chi connectivity index (χ4n) is 1.90. The Labute approximate surface area is 110 Å². The largest absolute Gasteiger partial charge is 0.363 e. The van der Waals surface area contributed by atoms with Gasteiger partial charge in [0.25, 0.3) is 0 Å². The lowest BCUT2D eigenvalue weighted by atomic mass is 10.2. The van der Waals surface area contributed by atoms with E-state index in [0.717, 1.165) is 17.1 Å². The van der Waals surface area contributed by atoms with Gasteiger partial charge in [-0.25, -0.2) is 14.4 Å². The number of imidazole rings is 1. The fourth-order valence-corrected chi connectivity index (χ4v) is 1.90. The number of pyridine rings is 2. The normalized spacial score (nSPS) is 10.9. The van der Waals surface area contributed by atoms with Crippen LogP contribution < -0.4 is 4.90 Å². The first-order valence-corrected chi connectivity index (χ1v) is 5.91. The van der Waals surface area contributed by atoms with Crippen molar-refractivity contribution >= 4 is 11.5 Å². The van der Waals surface area contributed by atoms with Crippen LogP contribution in [0.15, 0.2) is 42.9 Å². The molecule has 96 valence electrons. The molecule has 0 N–H and O–H groups in total. The highest BCUT2D eigenvalue weighted by atomic mass is 19.1. The molecule has 0 unspecified atom stereocenters. The number of anilines is 1. The number of rotatable bonds is 2. The molecule has 3 aromatic heterocycles. The van der Waals surface area contributed by atoms with E-state index in [2.05, 4.69) is 9.97 Å². The van der Waals surface area contributed by atoms with Crippen molar-refractivity contribution < 1.29 is 4.39 Å². The first-order valence-electron chi connectivity index (χ1n) is 5.91. The minimum absolute atomic E-state index is 0.286. The van der Waals surface area contributed by atoms with Gasteiger partial charge in [-0.2, -0.15) is 0 Å². The first kappa shape index (κ1) is 11.6. The van der Waals surface area contributed by atoms with Crippen LogP contribution >= 0.6 is 0 Å². The third kappa shape index (κ3) is 2.14. The van der Waals surface area contributed by atoms with Crippen molar-refractivity contribution in [2.45, 2.75) is 0 Å². The molecule has 0 radical (unpaired) electrons. The molecule has 0 aromatic carbocycles. The molecule has 0 saturated heterocycles. The van der Waals surface area contributed by atoms with Gasteiger partial charge < -0.3 is 9.30 Å². The van der Waals surface area contributed by atoms with Crippen LogP contribution in [0.2, 0.25) is 0 Å². The molecule has 0 fully saturated rings. The van der Waals surface area contributed by atoms with Gasteiger partial charge in [0.1, 0.15) is 17.3 Å². The van der Waals surface area contributed by atoms with Crippen molar-refractivity contribution in [3.8, 4) is 11.3 Å². The summed E-state index contributed by atoms with van der Waals surface area (Å²) in [5, 5.41) is 0. The monoisotopic (exact) mass is 256 g/mol. The zero-order chi connectivity index (χ0) is 13.4. The average Bonchev–Trinajstić information content (AvgIpc) is 2.81. The van der Waals surface area contributed by atoms with Gasteiger partial charge in [-0.1, -0.05) is 0 Å². The minimum atomic E-state index is -0.286. The van der Waals surface area contributed by atoms with E-state index < -0.39 is 0 Å². The molecule has 0 aliphatic rings. The molecule has 0 aliphatic heterocycles. The van der Waals surface area contributed by atoms with E-state index in [-0.39, 0.29) is 5.82 Å². The predicted octanol–water partition coefficient (Wildman–Crippen LogP) is 2.60. The number of fused-ring (bicyclic) bond motifs is 1. The quantitative estimate of drug-likeness (QED) is 0.706. The van der Waals surface area contributed by atoms with Crippen molar-refractivity contribution in [3.63, 3.8) is 0 Å². The Morgan fingerprint density at radius 2 is 2.05 bits per heavy atom. The zero-order valence-corrected chi connectivity index (χ0v) is 10.7. The van der Waals surface area contributed by atoms with Crippen LogP contribution in [0.5, 0.6) is 0 Å². The van der Waals surface area contributed by atoms with E-state index in [1.807, 2.05) is 37.3 Å². The number of aromatic nitrogens is 3. The van der Waals surface area contributed by atoms with Gasteiger partial charge in [-0.05, 0) is 18.2 Å². The van der Waals surface area contributed by atoms with E-state index >= 15 is 0 Å². The molecule has 3 rings (SSSR count). The van der Waals surface area contributed by atoms with Crippen LogP contribution in [0.4, 0.5) is 10.2 Å². The molecular formula is C14H13FN4. The molecule has 4 nitrogen and oxygen atoms in total. The maximum Gasteiger partial charge on any atom is 0.140 e. The average molecular weight is 256 g/mol. The van der Waals surface area contributed by atoms with Crippen LogP contribution in [-0.2, 0) is 0 Å². The van der Waals surface area contributed by atoms with E-state index in [1.54, 1.807) is 16.8 Å². The van der Waals surface area contributed by atoms with Crippen molar-refractivity contribution in [2.75, 3.05) is 19.0 Å². The van der Waals surface area contributed by atoms with Gasteiger partial charge in [0.05, 0.1) is 5.69 Å². The highest BCUT2D eigenvalue weighted by Gasteiger charge is 2.06. The maximum atomic E-state index is 13.1. The third-order valence-corrected chi connectivity index (χ3v) is 2.92. The summed E-state index contributed by atoms with van der Waals surface area (Å²) in [6, 6.07) is 6.71. The van der Waals surface area contributed by atoms with Gasteiger partial charge in [-0.15, -0.1) is 0 Å². The SMILES string of the molecule is CN(C)c1ccc(-c2cn3ccc(F)cc3n2)cn1. The van der Waals surface area contributed by atoms with Crippen LogP contribution in [0.25, 0.3) is 16.9 Å². The van der Waals surface area contributed by atoms with Crippen LogP contribution in [-0.4, -0.2) is 28.5 Å². The summed E-state index contributed by atoms with van der Waals surface area (Å²) in [6.07, 6.45) is 5.29. The highest BCUT2D eigenvalue weighted by Crippen LogP contribution is 2.20. The van der Waals surface area contributed by atoms with Crippen molar-refractivity contribution in [3.05, 3.63) is 48.7 Å². The minimum Gasteiger partial charge on any atom is -0.363 e. The second-order valence-corrected chi connectivity index (χ2v) is 4.54. The Balaban J connectivity index is 2.03. The second-order valence-electron chi connectivity index (χ2n) is 4.54. The van der Waals surface area contributed by atoms with E-state index in [9.17, 15) is 4.39 Å². The molecular weight excluding hydrogens is 243 g/mol. The van der Waals surface area contributed by atoms with Crippen molar-refractivity contribution in [1.29, 1.82) is 0 Å². The molecule has 0 spiro atoms. The molecule has 3 heterocycles. The summed E-state index contributed by atoms with van der Waals surface area (Å²) in [5.74, 6) is 0.601. The fraction of sp³-hybridized carbons (Fsp3) is 0.143. The van der Waals surface area contributed by atoms with Gasteiger partial charge >= 0.3 is 0 Å². The molecule has 0 aliphatic carbocycles. The molecule has 0 saturated carbocycles. The second kappa shape index (κ2) is 4.35. The summed E-state index contributed by atoms with van der Waals surface area (Å²) < 4.78 is 14.9. The Hall–Kier alpha value is -2.43.